The molecule has 0 aromatic heterocycles. The molecule has 0 saturated carbocycles. The first-order valence-corrected chi connectivity index (χ1v) is 10.4. The molecule has 1 amide bonds. The minimum atomic E-state index is -1.07. The highest BCUT2D eigenvalue weighted by Gasteiger charge is 2.15. The molecule has 1 atom stereocenters. The Morgan fingerprint density at radius 1 is 1.18 bits per heavy atom. The van der Waals surface area contributed by atoms with E-state index in [2.05, 4.69) is 5.32 Å². The number of aliphatic hydroxyl groups excluding tert-OH is 1. The minimum absolute atomic E-state index is 0.0614. The van der Waals surface area contributed by atoms with Crippen LogP contribution in [0.5, 0.6) is 11.5 Å². The normalized spacial score (nSPS) is 11.9. The second-order valence-corrected chi connectivity index (χ2v) is 8.00. The third-order valence-corrected chi connectivity index (χ3v) is 5.17. The fourth-order valence-electron chi connectivity index (χ4n) is 2.45. The summed E-state index contributed by atoms with van der Waals surface area (Å²) in [5.74, 6) is 1.26. The molecule has 0 spiro atoms. The number of benzene rings is 2. The van der Waals surface area contributed by atoms with Gasteiger partial charge in [0.1, 0.15) is 6.10 Å². The fraction of sp³-hybridized carbons (Fsp3) is 0.381. The topological polar surface area (TPSA) is 67.8 Å². The molecule has 2 aromatic carbocycles. The largest absolute Gasteiger partial charge is 0.493 e. The highest BCUT2D eigenvalue weighted by molar-refractivity contribution is 7.99. The Labute approximate surface area is 175 Å². The van der Waals surface area contributed by atoms with Gasteiger partial charge in [-0.05, 0) is 62.2 Å². The highest BCUT2D eigenvalue weighted by Crippen LogP contribution is 2.29. The summed E-state index contributed by atoms with van der Waals surface area (Å²) >= 11 is 7.25. The van der Waals surface area contributed by atoms with Crippen molar-refractivity contribution in [3.8, 4) is 11.5 Å². The first-order valence-electron chi connectivity index (χ1n) is 9.06. The Bertz CT molecular complexity index is 768. The molecule has 0 radical (unpaired) electrons. The molecule has 0 bridgehead atoms. The van der Waals surface area contributed by atoms with E-state index in [0.29, 0.717) is 29.5 Å². The lowest BCUT2D eigenvalue weighted by atomic mass is 10.1. The number of aliphatic hydroxyl groups is 1. The van der Waals surface area contributed by atoms with Gasteiger partial charge in [-0.3, -0.25) is 4.79 Å². The Hall–Kier alpha value is -1.89. The summed E-state index contributed by atoms with van der Waals surface area (Å²) in [6.45, 7) is 4.34. The van der Waals surface area contributed by atoms with E-state index in [9.17, 15) is 9.90 Å². The zero-order chi connectivity index (χ0) is 20.5. The molecule has 28 heavy (non-hydrogen) atoms. The summed E-state index contributed by atoms with van der Waals surface area (Å²) in [5, 5.41) is 13.5. The van der Waals surface area contributed by atoms with Crippen molar-refractivity contribution in [1.82, 2.24) is 5.32 Å². The van der Waals surface area contributed by atoms with Crippen molar-refractivity contribution in [3.63, 3.8) is 0 Å². The molecule has 5 nitrogen and oxygen atoms in total. The zero-order valence-electron chi connectivity index (χ0n) is 16.3. The molecule has 2 aromatic rings. The maximum atomic E-state index is 12.1. The molecule has 2 N–H and O–H groups in total. The van der Waals surface area contributed by atoms with E-state index in [0.717, 1.165) is 10.5 Å². The molecule has 0 heterocycles. The van der Waals surface area contributed by atoms with E-state index in [1.165, 1.54) is 11.8 Å². The second-order valence-electron chi connectivity index (χ2n) is 6.47. The number of hydrogen-bond donors (Lipinski definition) is 2. The van der Waals surface area contributed by atoms with Crippen LogP contribution in [0.15, 0.2) is 47.4 Å². The van der Waals surface area contributed by atoms with Gasteiger partial charge < -0.3 is 19.9 Å². The van der Waals surface area contributed by atoms with Gasteiger partial charge in [0.25, 0.3) is 0 Å². The smallest absolute Gasteiger partial charge is 0.249 e. The van der Waals surface area contributed by atoms with Gasteiger partial charge in [-0.25, -0.2) is 0 Å². The number of methoxy groups -OCH3 is 1. The van der Waals surface area contributed by atoms with Crippen LogP contribution in [0.3, 0.4) is 0 Å². The third kappa shape index (κ3) is 7.26. The number of thioether (sulfide) groups is 1. The fourth-order valence-corrected chi connectivity index (χ4v) is 3.40. The van der Waals surface area contributed by atoms with E-state index in [1.54, 1.807) is 19.2 Å². The van der Waals surface area contributed by atoms with E-state index >= 15 is 0 Å². The number of halogens is 1. The van der Waals surface area contributed by atoms with Crippen molar-refractivity contribution >= 4 is 29.3 Å². The van der Waals surface area contributed by atoms with Crippen LogP contribution >= 0.6 is 23.4 Å². The number of nitrogens with one attached hydrogen (secondary N) is 1. The summed E-state index contributed by atoms with van der Waals surface area (Å²) in [6, 6.07) is 13.0. The van der Waals surface area contributed by atoms with Crippen LogP contribution in [-0.4, -0.2) is 42.6 Å². The molecule has 7 heteroatoms. The summed E-state index contributed by atoms with van der Waals surface area (Å²) in [6.07, 6.45) is -0.385. The van der Waals surface area contributed by atoms with E-state index < -0.39 is 6.10 Å². The monoisotopic (exact) mass is 423 g/mol. The average Bonchev–Trinajstić information content (AvgIpc) is 2.67. The van der Waals surface area contributed by atoms with Crippen molar-refractivity contribution < 1.29 is 19.4 Å². The molecule has 0 aliphatic carbocycles. The van der Waals surface area contributed by atoms with Crippen LogP contribution < -0.4 is 14.8 Å². The van der Waals surface area contributed by atoms with Crippen molar-refractivity contribution in [3.05, 3.63) is 53.1 Å². The quantitative estimate of drug-likeness (QED) is 0.566. The van der Waals surface area contributed by atoms with Crippen LogP contribution in [-0.2, 0) is 11.2 Å². The Kier molecular flexibility index (Phi) is 8.96. The molecule has 152 valence electrons. The summed E-state index contributed by atoms with van der Waals surface area (Å²) in [4.78, 5) is 13.0. The van der Waals surface area contributed by atoms with Gasteiger partial charge in [0, 0.05) is 22.2 Å². The van der Waals surface area contributed by atoms with Gasteiger partial charge in [-0.15, -0.1) is 11.8 Å². The van der Waals surface area contributed by atoms with Gasteiger partial charge in [0.05, 0.1) is 13.2 Å². The maximum absolute atomic E-state index is 12.1. The van der Waals surface area contributed by atoms with E-state index in [4.69, 9.17) is 21.1 Å². The van der Waals surface area contributed by atoms with Crippen molar-refractivity contribution in [2.24, 2.45) is 0 Å². The molecule has 0 aliphatic rings. The Balaban J connectivity index is 1.78. The van der Waals surface area contributed by atoms with Crippen LogP contribution in [0.2, 0.25) is 5.02 Å². The maximum Gasteiger partial charge on any atom is 0.249 e. The number of carbonyl (C=O) groups is 1. The van der Waals surface area contributed by atoms with Crippen molar-refractivity contribution in [1.29, 1.82) is 0 Å². The van der Waals surface area contributed by atoms with Gasteiger partial charge >= 0.3 is 0 Å². The summed E-state index contributed by atoms with van der Waals surface area (Å²) < 4.78 is 11.1. The van der Waals surface area contributed by atoms with E-state index in [-0.39, 0.29) is 17.8 Å². The van der Waals surface area contributed by atoms with Crippen molar-refractivity contribution in [2.45, 2.75) is 37.4 Å². The van der Waals surface area contributed by atoms with Crippen LogP contribution in [0.1, 0.15) is 19.4 Å². The number of amides is 1. The van der Waals surface area contributed by atoms with Crippen molar-refractivity contribution in [2.75, 3.05) is 19.4 Å². The van der Waals surface area contributed by atoms with Gasteiger partial charge in [-0.1, -0.05) is 17.7 Å². The molecule has 0 aliphatic heterocycles. The predicted molar refractivity (Wildman–Crippen MR) is 114 cm³/mol. The highest BCUT2D eigenvalue weighted by atomic mass is 35.5. The average molecular weight is 424 g/mol. The first-order chi connectivity index (χ1) is 13.4. The Morgan fingerprint density at radius 2 is 1.89 bits per heavy atom. The molecule has 0 fully saturated rings. The summed E-state index contributed by atoms with van der Waals surface area (Å²) in [5.41, 5.74) is 1.01. The van der Waals surface area contributed by atoms with Gasteiger partial charge in [0.15, 0.2) is 11.5 Å². The summed E-state index contributed by atoms with van der Waals surface area (Å²) in [7, 11) is 1.60. The predicted octanol–water partition coefficient (Wildman–Crippen LogP) is 3.95. The molecule has 0 saturated heterocycles. The SMILES string of the molecule is COc1cc(CCNC(=O)C(O)CSc2ccc(Cl)cc2)ccc1OC(C)C. The number of ether oxygens (including phenoxy) is 2. The standard InChI is InChI=1S/C21H26ClNO4S/c1-14(2)27-19-9-4-15(12-20(19)26-3)10-11-23-21(25)18(24)13-28-17-7-5-16(22)6-8-17/h4-9,12,14,18,24H,10-11,13H2,1-3H3,(H,23,25). The first kappa shape index (κ1) is 22.4. The lowest BCUT2D eigenvalue weighted by Gasteiger charge is -2.15. The number of hydrogen-bond acceptors (Lipinski definition) is 5. The molecule has 2 rings (SSSR count). The van der Waals surface area contributed by atoms with Crippen LogP contribution in [0.25, 0.3) is 0 Å². The minimum Gasteiger partial charge on any atom is -0.493 e. The van der Waals surface area contributed by atoms with E-state index in [1.807, 2.05) is 44.2 Å². The van der Waals surface area contributed by atoms with Gasteiger partial charge in [-0.2, -0.15) is 0 Å². The molecule has 1 unspecified atom stereocenters. The number of carbonyl (C=O) groups excluding carboxylic acids is 1. The molecular formula is C21H26ClNO4S. The zero-order valence-corrected chi connectivity index (χ0v) is 17.8. The lowest BCUT2D eigenvalue weighted by Crippen LogP contribution is -2.37. The van der Waals surface area contributed by atoms with Gasteiger partial charge in [0.2, 0.25) is 5.91 Å². The lowest BCUT2D eigenvalue weighted by molar-refractivity contribution is -0.128. The van der Waals surface area contributed by atoms with Crippen LogP contribution in [0.4, 0.5) is 0 Å². The Morgan fingerprint density at radius 3 is 2.54 bits per heavy atom. The second kappa shape index (κ2) is 11.2. The molecular weight excluding hydrogens is 398 g/mol. The number of rotatable bonds is 10. The van der Waals surface area contributed by atoms with Crippen LogP contribution in [0, 0.1) is 0 Å². The third-order valence-electron chi connectivity index (χ3n) is 3.83.